The average molecular weight is 283 g/mol. The lowest BCUT2D eigenvalue weighted by Gasteiger charge is -2.46. The summed E-state index contributed by atoms with van der Waals surface area (Å²) in [6.45, 7) is 4.87. The quantitative estimate of drug-likeness (QED) is 0.809. The number of ether oxygens (including phenoxy) is 1. The molecule has 1 heterocycles. The first-order valence-corrected chi connectivity index (χ1v) is 8.08. The molecule has 1 aliphatic carbocycles. The number of hydrogen-bond donors (Lipinski definition) is 2. The summed E-state index contributed by atoms with van der Waals surface area (Å²) in [5.74, 6) is 0. The summed E-state index contributed by atoms with van der Waals surface area (Å²) in [5, 5.41) is 3.13. The van der Waals surface area contributed by atoms with Crippen LogP contribution in [0.4, 0.5) is 4.79 Å². The number of carbonyl (C=O) groups is 1. The number of rotatable bonds is 5. The van der Waals surface area contributed by atoms with E-state index in [2.05, 4.69) is 12.2 Å². The molecule has 0 bridgehead atoms. The number of urea groups is 1. The number of nitrogens with two attached hydrogens (primary N) is 1. The van der Waals surface area contributed by atoms with Gasteiger partial charge in [0.05, 0.1) is 18.2 Å². The number of nitrogens with zero attached hydrogens (tertiary/aromatic N) is 1. The van der Waals surface area contributed by atoms with Gasteiger partial charge in [-0.25, -0.2) is 4.79 Å². The molecule has 3 N–H and O–H groups in total. The maximum Gasteiger partial charge on any atom is 0.318 e. The summed E-state index contributed by atoms with van der Waals surface area (Å²) in [6.07, 6.45) is 7.59. The van der Waals surface area contributed by atoms with Crippen molar-refractivity contribution in [3.8, 4) is 0 Å². The molecular weight excluding hydrogens is 254 g/mol. The molecule has 2 amide bonds. The number of amides is 2. The summed E-state index contributed by atoms with van der Waals surface area (Å²) in [7, 11) is 0. The predicted octanol–water partition coefficient (Wildman–Crippen LogP) is 1.86. The van der Waals surface area contributed by atoms with Crippen LogP contribution in [0.1, 0.15) is 51.9 Å². The third kappa shape index (κ3) is 3.44. The summed E-state index contributed by atoms with van der Waals surface area (Å²) in [4.78, 5) is 14.7. The van der Waals surface area contributed by atoms with Gasteiger partial charge in [-0.3, -0.25) is 0 Å². The van der Waals surface area contributed by atoms with Crippen LogP contribution in [0.5, 0.6) is 0 Å². The molecule has 20 heavy (non-hydrogen) atoms. The Morgan fingerprint density at radius 2 is 2.15 bits per heavy atom. The van der Waals surface area contributed by atoms with Crippen LogP contribution in [-0.4, -0.2) is 48.8 Å². The minimum atomic E-state index is -0.127. The molecule has 0 aromatic heterocycles. The summed E-state index contributed by atoms with van der Waals surface area (Å²) >= 11 is 0. The minimum Gasteiger partial charge on any atom is -0.379 e. The van der Waals surface area contributed by atoms with Gasteiger partial charge in [-0.2, -0.15) is 0 Å². The minimum absolute atomic E-state index is 0.0506. The number of carbonyl (C=O) groups excluding carboxylic acids is 1. The summed E-state index contributed by atoms with van der Waals surface area (Å²) in [5.41, 5.74) is 5.94. The van der Waals surface area contributed by atoms with Gasteiger partial charge >= 0.3 is 6.03 Å². The highest BCUT2D eigenvalue weighted by Gasteiger charge is 2.39. The zero-order chi connectivity index (χ0) is 14.4. The van der Waals surface area contributed by atoms with E-state index in [1.54, 1.807) is 0 Å². The fourth-order valence-electron chi connectivity index (χ4n) is 3.47. The van der Waals surface area contributed by atoms with E-state index in [9.17, 15) is 4.79 Å². The largest absolute Gasteiger partial charge is 0.379 e. The standard InChI is InChI=1S/C15H29N3O2/c1-2-9-18(14(19)17-13-6-10-20-11-13)15(12-16)7-4-3-5-8-15/h13H,2-12,16H2,1H3,(H,17,19). The highest BCUT2D eigenvalue weighted by Crippen LogP contribution is 2.33. The van der Waals surface area contributed by atoms with Crippen molar-refractivity contribution in [2.45, 2.75) is 63.5 Å². The normalized spacial score (nSPS) is 25.4. The zero-order valence-corrected chi connectivity index (χ0v) is 12.7. The Kier molecular flexibility index (Phi) is 5.66. The van der Waals surface area contributed by atoms with Gasteiger partial charge in [0.2, 0.25) is 0 Å². The first-order chi connectivity index (χ1) is 9.72. The van der Waals surface area contributed by atoms with E-state index in [-0.39, 0.29) is 17.6 Å². The fraction of sp³-hybridized carbons (Fsp3) is 0.933. The molecule has 5 heteroatoms. The van der Waals surface area contributed by atoms with Crippen LogP contribution in [0, 0.1) is 0 Å². The molecule has 2 rings (SSSR count). The molecule has 2 aliphatic rings. The van der Waals surface area contributed by atoms with Gasteiger partial charge in [-0.05, 0) is 25.7 Å². The second kappa shape index (κ2) is 7.27. The third-order valence-electron chi connectivity index (χ3n) is 4.69. The fourth-order valence-corrected chi connectivity index (χ4v) is 3.47. The SMILES string of the molecule is CCCN(C(=O)NC1CCOC1)C1(CN)CCCCC1. The molecule has 5 nitrogen and oxygen atoms in total. The number of hydrogen-bond acceptors (Lipinski definition) is 3. The molecule has 2 fully saturated rings. The molecule has 0 radical (unpaired) electrons. The van der Waals surface area contributed by atoms with Crippen molar-refractivity contribution in [2.24, 2.45) is 5.73 Å². The monoisotopic (exact) mass is 283 g/mol. The first kappa shape index (κ1) is 15.6. The van der Waals surface area contributed by atoms with Crippen molar-refractivity contribution in [3.05, 3.63) is 0 Å². The topological polar surface area (TPSA) is 67.6 Å². The molecule has 0 aromatic rings. The Morgan fingerprint density at radius 3 is 2.70 bits per heavy atom. The molecule has 1 unspecified atom stereocenters. The van der Waals surface area contributed by atoms with Crippen LogP contribution in [0.15, 0.2) is 0 Å². The van der Waals surface area contributed by atoms with Crippen LogP contribution in [0.3, 0.4) is 0 Å². The maximum absolute atomic E-state index is 12.7. The molecule has 1 atom stereocenters. The van der Waals surface area contributed by atoms with E-state index in [0.29, 0.717) is 13.2 Å². The highest BCUT2D eigenvalue weighted by molar-refractivity contribution is 5.75. The second-order valence-corrected chi connectivity index (χ2v) is 6.15. The van der Waals surface area contributed by atoms with E-state index < -0.39 is 0 Å². The molecule has 1 saturated carbocycles. The lowest BCUT2D eigenvalue weighted by molar-refractivity contribution is 0.0810. The Bertz CT molecular complexity index is 310. The van der Waals surface area contributed by atoms with Gasteiger partial charge in [-0.15, -0.1) is 0 Å². The third-order valence-corrected chi connectivity index (χ3v) is 4.69. The Balaban J connectivity index is 2.04. The van der Waals surface area contributed by atoms with Crippen LogP contribution in [0.25, 0.3) is 0 Å². The van der Waals surface area contributed by atoms with E-state index in [1.165, 1.54) is 19.3 Å². The molecular formula is C15H29N3O2. The van der Waals surface area contributed by atoms with Crippen molar-refractivity contribution in [2.75, 3.05) is 26.3 Å². The average Bonchev–Trinajstić information content (AvgIpc) is 2.98. The van der Waals surface area contributed by atoms with Gasteiger partial charge < -0.3 is 20.7 Å². The van der Waals surface area contributed by atoms with Gasteiger partial charge in [0.15, 0.2) is 0 Å². The van der Waals surface area contributed by atoms with Crippen LogP contribution >= 0.6 is 0 Å². The summed E-state index contributed by atoms with van der Waals surface area (Å²) < 4.78 is 5.34. The molecule has 0 aromatic carbocycles. The number of nitrogens with one attached hydrogen (secondary N) is 1. The van der Waals surface area contributed by atoms with Crippen molar-refractivity contribution in [1.29, 1.82) is 0 Å². The van der Waals surface area contributed by atoms with Crippen LogP contribution < -0.4 is 11.1 Å². The van der Waals surface area contributed by atoms with Crippen molar-refractivity contribution >= 4 is 6.03 Å². The summed E-state index contributed by atoms with van der Waals surface area (Å²) in [6, 6.07) is 0.218. The van der Waals surface area contributed by atoms with Crippen molar-refractivity contribution in [1.82, 2.24) is 10.2 Å². The lowest BCUT2D eigenvalue weighted by atomic mass is 9.80. The van der Waals surface area contributed by atoms with Crippen LogP contribution in [0.2, 0.25) is 0 Å². The van der Waals surface area contributed by atoms with Gasteiger partial charge in [-0.1, -0.05) is 26.2 Å². The Hall–Kier alpha value is -0.810. The zero-order valence-electron chi connectivity index (χ0n) is 12.7. The van der Waals surface area contributed by atoms with E-state index >= 15 is 0 Å². The first-order valence-electron chi connectivity index (χ1n) is 8.08. The molecule has 1 aliphatic heterocycles. The Labute approximate surface area is 122 Å². The lowest BCUT2D eigenvalue weighted by Crippen LogP contribution is -2.61. The van der Waals surface area contributed by atoms with Crippen LogP contribution in [-0.2, 0) is 4.74 Å². The molecule has 0 spiro atoms. The maximum atomic E-state index is 12.7. The van der Waals surface area contributed by atoms with Crippen molar-refractivity contribution in [3.63, 3.8) is 0 Å². The van der Waals surface area contributed by atoms with Crippen molar-refractivity contribution < 1.29 is 9.53 Å². The smallest absolute Gasteiger partial charge is 0.318 e. The van der Waals surface area contributed by atoms with Gasteiger partial charge in [0.1, 0.15) is 0 Å². The second-order valence-electron chi connectivity index (χ2n) is 6.15. The van der Waals surface area contributed by atoms with E-state index in [1.807, 2.05) is 4.90 Å². The van der Waals surface area contributed by atoms with Gasteiger partial charge in [0.25, 0.3) is 0 Å². The Morgan fingerprint density at radius 1 is 1.40 bits per heavy atom. The molecule has 1 saturated heterocycles. The van der Waals surface area contributed by atoms with E-state index in [0.717, 1.165) is 38.8 Å². The van der Waals surface area contributed by atoms with E-state index in [4.69, 9.17) is 10.5 Å². The predicted molar refractivity (Wildman–Crippen MR) is 79.6 cm³/mol. The van der Waals surface area contributed by atoms with Gasteiger partial charge in [0, 0.05) is 19.7 Å². The highest BCUT2D eigenvalue weighted by atomic mass is 16.5. The molecule has 116 valence electrons.